The van der Waals surface area contributed by atoms with Gasteiger partial charge in [0.15, 0.2) is 0 Å². The van der Waals surface area contributed by atoms with Crippen LogP contribution in [0.5, 0.6) is 0 Å². The van der Waals surface area contributed by atoms with Crippen molar-refractivity contribution >= 4 is 0 Å². The Morgan fingerprint density at radius 3 is 2.62 bits per heavy atom. The van der Waals surface area contributed by atoms with Crippen molar-refractivity contribution in [3.8, 4) is 0 Å². The minimum absolute atomic E-state index is 0.198. The molecule has 1 aliphatic rings. The van der Waals surface area contributed by atoms with Crippen molar-refractivity contribution in [3.05, 3.63) is 35.9 Å². The molecule has 2 nitrogen and oxygen atoms in total. The first-order valence-electron chi connectivity index (χ1n) is 4.55. The predicted octanol–water partition coefficient (Wildman–Crippen LogP) is 1.54. The third-order valence-electron chi connectivity index (χ3n) is 2.90. The van der Waals surface area contributed by atoms with Gasteiger partial charge in [-0.3, -0.25) is 0 Å². The third kappa shape index (κ3) is 1.26. The second-order valence-electron chi connectivity index (χ2n) is 3.54. The van der Waals surface area contributed by atoms with Gasteiger partial charge < -0.3 is 9.84 Å². The maximum atomic E-state index is 9.05. The van der Waals surface area contributed by atoms with Gasteiger partial charge in [-0.05, 0) is 12.0 Å². The molecule has 1 aliphatic carbocycles. The highest BCUT2D eigenvalue weighted by Crippen LogP contribution is 2.54. The van der Waals surface area contributed by atoms with E-state index < -0.39 is 0 Å². The first-order valence-corrected chi connectivity index (χ1v) is 4.55. The highest BCUT2D eigenvalue weighted by atomic mass is 16.5. The van der Waals surface area contributed by atoms with Crippen molar-refractivity contribution in [1.82, 2.24) is 0 Å². The lowest BCUT2D eigenvalue weighted by molar-refractivity contribution is 0.0525. The molecule has 0 unspecified atom stereocenters. The van der Waals surface area contributed by atoms with Gasteiger partial charge in [-0.1, -0.05) is 30.3 Å². The van der Waals surface area contributed by atoms with Crippen LogP contribution in [-0.4, -0.2) is 18.8 Å². The van der Waals surface area contributed by atoms with E-state index in [0.29, 0.717) is 0 Å². The maximum absolute atomic E-state index is 9.05. The molecule has 0 spiro atoms. The molecule has 0 heterocycles. The molecular weight excluding hydrogens is 164 g/mol. The minimum Gasteiger partial charge on any atom is -0.396 e. The largest absolute Gasteiger partial charge is 0.396 e. The van der Waals surface area contributed by atoms with Gasteiger partial charge in [-0.15, -0.1) is 0 Å². The van der Waals surface area contributed by atoms with Gasteiger partial charge in [0.05, 0.1) is 5.60 Å². The van der Waals surface area contributed by atoms with E-state index in [4.69, 9.17) is 9.84 Å². The van der Waals surface area contributed by atoms with Gasteiger partial charge >= 0.3 is 0 Å². The topological polar surface area (TPSA) is 29.5 Å². The van der Waals surface area contributed by atoms with Gasteiger partial charge in [0, 0.05) is 19.6 Å². The van der Waals surface area contributed by atoms with Crippen molar-refractivity contribution < 1.29 is 9.84 Å². The van der Waals surface area contributed by atoms with E-state index in [0.717, 1.165) is 6.42 Å². The van der Waals surface area contributed by atoms with E-state index >= 15 is 0 Å². The number of methoxy groups -OCH3 is 1. The summed E-state index contributed by atoms with van der Waals surface area (Å²) in [7, 11) is 1.71. The molecule has 2 rings (SSSR count). The Bertz CT molecular complexity index is 283. The molecule has 2 heteroatoms. The molecule has 0 aliphatic heterocycles. The van der Waals surface area contributed by atoms with Crippen molar-refractivity contribution in [3.63, 3.8) is 0 Å². The van der Waals surface area contributed by atoms with Crippen molar-refractivity contribution in [2.75, 3.05) is 13.7 Å². The zero-order valence-corrected chi connectivity index (χ0v) is 7.73. The van der Waals surface area contributed by atoms with Crippen LogP contribution in [0.3, 0.4) is 0 Å². The summed E-state index contributed by atoms with van der Waals surface area (Å²) in [4.78, 5) is 0. The van der Waals surface area contributed by atoms with Crippen LogP contribution in [-0.2, 0) is 10.3 Å². The van der Waals surface area contributed by atoms with Crippen LogP contribution < -0.4 is 0 Å². The molecule has 1 aromatic carbocycles. The highest BCUT2D eigenvalue weighted by molar-refractivity contribution is 5.30. The van der Waals surface area contributed by atoms with Gasteiger partial charge in [-0.25, -0.2) is 0 Å². The Labute approximate surface area is 78.2 Å². The van der Waals surface area contributed by atoms with Crippen LogP contribution in [0.1, 0.15) is 12.0 Å². The first-order chi connectivity index (χ1) is 6.33. The number of rotatable bonds is 3. The molecule has 0 bridgehead atoms. The summed E-state index contributed by atoms with van der Waals surface area (Å²) in [5.41, 5.74) is 0.979. The number of benzene rings is 1. The summed E-state index contributed by atoms with van der Waals surface area (Å²) in [5, 5.41) is 9.05. The number of hydrogen-bond acceptors (Lipinski definition) is 2. The van der Waals surface area contributed by atoms with E-state index in [1.54, 1.807) is 7.11 Å². The van der Waals surface area contributed by atoms with Gasteiger partial charge in [0.25, 0.3) is 0 Å². The normalized spacial score (nSPS) is 31.7. The molecule has 0 amide bonds. The molecule has 13 heavy (non-hydrogen) atoms. The predicted molar refractivity (Wildman–Crippen MR) is 50.3 cm³/mol. The maximum Gasteiger partial charge on any atom is 0.0983 e. The average molecular weight is 178 g/mol. The van der Waals surface area contributed by atoms with E-state index in [1.807, 2.05) is 18.2 Å². The molecule has 0 saturated heterocycles. The Morgan fingerprint density at radius 2 is 2.15 bits per heavy atom. The second kappa shape index (κ2) is 3.13. The summed E-state index contributed by atoms with van der Waals surface area (Å²) in [6, 6.07) is 10.1. The van der Waals surface area contributed by atoms with Crippen LogP contribution in [0.25, 0.3) is 0 Å². The standard InChI is InChI=1S/C11H14O2/c1-13-11(7-10(11)8-12)9-5-3-2-4-6-9/h2-6,10,12H,7-8H2,1H3/t10-,11+/m0/s1. The fourth-order valence-electron chi connectivity index (χ4n) is 1.96. The number of ether oxygens (including phenoxy) is 1. The average Bonchev–Trinajstić information content (AvgIpc) is 2.94. The van der Waals surface area contributed by atoms with Crippen LogP contribution in [0.2, 0.25) is 0 Å². The zero-order chi connectivity index (χ0) is 9.31. The quantitative estimate of drug-likeness (QED) is 0.760. The Morgan fingerprint density at radius 1 is 1.46 bits per heavy atom. The van der Waals surface area contributed by atoms with Gasteiger partial charge in [0.1, 0.15) is 0 Å². The molecule has 0 radical (unpaired) electrons. The number of aliphatic hydroxyl groups is 1. The lowest BCUT2D eigenvalue weighted by Gasteiger charge is -2.15. The minimum atomic E-state index is -0.198. The second-order valence-corrected chi connectivity index (χ2v) is 3.54. The number of aliphatic hydroxyl groups excluding tert-OH is 1. The Kier molecular flexibility index (Phi) is 2.10. The summed E-state index contributed by atoms with van der Waals surface area (Å²) in [6.45, 7) is 0.211. The lowest BCUT2D eigenvalue weighted by Crippen LogP contribution is -2.14. The molecule has 1 fully saturated rings. The summed E-state index contributed by atoms with van der Waals surface area (Å²) in [5.74, 6) is 0.278. The molecular formula is C11H14O2. The Balaban J connectivity index is 2.25. The monoisotopic (exact) mass is 178 g/mol. The molecule has 1 aromatic rings. The van der Waals surface area contributed by atoms with Crippen molar-refractivity contribution in [2.45, 2.75) is 12.0 Å². The first kappa shape index (κ1) is 8.73. The molecule has 2 atom stereocenters. The third-order valence-corrected chi connectivity index (χ3v) is 2.90. The summed E-state index contributed by atoms with van der Waals surface area (Å²) in [6.07, 6.45) is 0.935. The van der Waals surface area contributed by atoms with Crippen molar-refractivity contribution in [1.29, 1.82) is 0 Å². The van der Waals surface area contributed by atoms with Gasteiger partial charge in [0.2, 0.25) is 0 Å². The number of hydrogen-bond donors (Lipinski definition) is 1. The van der Waals surface area contributed by atoms with Crippen LogP contribution in [0, 0.1) is 5.92 Å². The lowest BCUT2D eigenvalue weighted by atomic mass is 10.1. The molecule has 70 valence electrons. The molecule has 0 aromatic heterocycles. The van der Waals surface area contributed by atoms with E-state index in [1.165, 1.54) is 5.56 Å². The van der Waals surface area contributed by atoms with Gasteiger partial charge in [-0.2, -0.15) is 0 Å². The SMILES string of the molecule is CO[C@@]1(c2ccccc2)C[C@H]1CO. The van der Waals surface area contributed by atoms with E-state index in [9.17, 15) is 0 Å². The Hall–Kier alpha value is -0.860. The summed E-state index contributed by atoms with van der Waals surface area (Å²) >= 11 is 0. The van der Waals surface area contributed by atoms with Crippen LogP contribution >= 0.6 is 0 Å². The molecule has 1 N–H and O–H groups in total. The zero-order valence-electron chi connectivity index (χ0n) is 7.73. The fraction of sp³-hybridized carbons (Fsp3) is 0.455. The van der Waals surface area contributed by atoms with Crippen LogP contribution in [0.15, 0.2) is 30.3 Å². The van der Waals surface area contributed by atoms with Crippen LogP contribution in [0.4, 0.5) is 0 Å². The smallest absolute Gasteiger partial charge is 0.0983 e. The van der Waals surface area contributed by atoms with E-state index in [2.05, 4.69) is 12.1 Å². The highest BCUT2D eigenvalue weighted by Gasteiger charge is 2.55. The molecule has 1 saturated carbocycles. The summed E-state index contributed by atoms with van der Waals surface area (Å²) < 4.78 is 5.48. The van der Waals surface area contributed by atoms with E-state index in [-0.39, 0.29) is 18.1 Å². The van der Waals surface area contributed by atoms with Crippen molar-refractivity contribution in [2.24, 2.45) is 5.92 Å². The fourth-order valence-corrected chi connectivity index (χ4v) is 1.96.